The van der Waals surface area contributed by atoms with Crippen molar-refractivity contribution in [1.29, 1.82) is 0 Å². The molecule has 0 radical (unpaired) electrons. The summed E-state index contributed by atoms with van der Waals surface area (Å²) in [7, 11) is 0. The third kappa shape index (κ3) is 5.32. The topological polar surface area (TPSA) is 87.1 Å². The fraction of sp³-hybridized carbons (Fsp3) is 0.231. The van der Waals surface area contributed by atoms with Gasteiger partial charge in [0.25, 0.3) is 0 Å². The van der Waals surface area contributed by atoms with Crippen LogP contribution in [-0.4, -0.2) is 22.8 Å². The van der Waals surface area contributed by atoms with E-state index in [1.165, 1.54) is 30.0 Å². The molecular weight excluding hydrogens is 317 g/mol. The van der Waals surface area contributed by atoms with Gasteiger partial charge in [-0.25, -0.2) is 9.97 Å². The molecule has 0 unspecified atom stereocenters. The second kappa shape index (κ2) is 6.73. The molecular formula is C13H13F3N4OS. The monoisotopic (exact) mass is 330 g/mol. The number of thioether (sulfide) groups is 1. The fourth-order valence-corrected chi connectivity index (χ4v) is 2.38. The van der Waals surface area contributed by atoms with E-state index in [1.54, 1.807) is 12.1 Å². The second-order valence-electron chi connectivity index (χ2n) is 4.34. The third-order valence-corrected chi connectivity index (χ3v) is 3.33. The number of nitrogen functional groups attached to an aromatic ring is 2. The molecule has 0 fully saturated rings. The van der Waals surface area contributed by atoms with Gasteiger partial charge in [-0.05, 0) is 17.7 Å². The first-order chi connectivity index (χ1) is 10.3. The number of rotatable bonds is 5. The maximum Gasteiger partial charge on any atom is 0.422 e. The average molecular weight is 330 g/mol. The molecule has 9 heteroatoms. The van der Waals surface area contributed by atoms with E-state index in [2.05, 4.69) is 9.97 Å². The van der Waals surface area contributed by atoms with Crippen LogP contribution in [0.25, 0.3) is 0 Å². The van der Waals surface area contributed by atoms with Crippen LogP contribution in [0.15, 0.2) is 35.5 Å². The first-order valence-corrected chi connectivity index (χ1v) is 7.12. The van der Waals surface area contributed by atoms with Crippen molar-refractivity contribution in [2.24, 2.45) is 0 Å². The zero-order valence-electron chi connectivity index (χ0n) is 11.3. The number of ether oxygens (including phenoxy) is 1. The molecule has 4 N–H and O–H groups in total. The van der Waals surface area contributed by atoms with Crippen molar-refractivity contribution >= 4 is 23.4 Å². The number of alkyl halides is 3. The number of halogens is 3. The fourth-order valence-electron chi connectivity index (χ4n) is 1.56. The van der Waals surface area contributed by atoms with Crippen LogP contribution in [0.4, 0.5) is 24.8 Å². The molecule has 2 aromatic rings. The predicted molar refractivity (Wildman–Crippen MR) is 78.4 cm³/mol. The number of anilines is 2. The van der Waals surface area contributed by atoms with Crippen LogP contribution in [0.5, 0.6) is 5.75 Å². The van der Waals surface area contributed by atoms with Gasteiger partial charge in [0.15, 0.2) is 11.8 Å². The lowest BCUT2D eigenvalue weighted by Crippen LogP contribution is -2.19. The maximum absolute atomic E-state index is 12.1. The number of nitrogens with two attached hydrogens (primary N) is 2. The van der Waals surface area contributed by atoms with Crippen LogP contribution in [0.3, 0.4) is 0 Å². The number of aromatic nitrogens is 2. The zero-order chi connectivity index (χ0) is 16.2. The molecule has 22 heavy (non-hydrogen) atoms. The molecule has 1 aromatic heterocycles. The summed E-state index contributed by atoms with van der Waals surface area (Å²) in [6.07, 6.45) is -4.36. The largest absolute Gasteiger partial charge is 0.484 e. The van der Waals surface area contributed by atoms with E-state index in [0.29, 0.717) is 10.9 Å². The van der Waals surface area contributed by atoms with Crippen molar-refractivity contribution < 1.29 is 17.9 Å². The highest BCUT2D eigenvalue weighted by Crippen LogP contribution is 2.24. The Balaban J connectivity index is 1.98. The van der Waals surface area contributed by atoms with Crippen molar-refractivity contribution in [1.82, 2.24) is 9.97 Å². The van der Waals surface area contributed by atoms with Gasteiger partial charge in [-0.2, -0.15) is 13.2 Å². The molecule has 118 valence electrons. The van der Waals surface area contributed by atoms with Gasteiger partial charge in [-0.15, -0.1) is 0 Å². The van der Waals surface area contributed by atoms with E-state index in [9.17, 15) is 13.2 Å². The summed E-state index contributed by atoms with van der Waals surface area (Å²) in [5, 5.41) is 0.402. The summed E-state index contributed by atoms with van der Waals surface area (Å²) in [6.45, 7) is -1.32. The number of hydrogen-bond acceptors (Lipinski definition) is 6. The number of benzene rings is 1. The van der Waals surface area contributed by atoms with Crippen molar-refractivity contribution in [3.63, 3.8) is 0 Å². The summed E-state index contributed by atoms with van der Waals surface area (Å²) < 4.78 is 41.0. The highest BCUT2D eigenvalue weighted by molar-refractivity contribution is 7.98. The van der Waals surface area contributed by atoms with Crippen LogP contribution in [-0.2, 0) is 5.75 Å². The number of hydrogen-bond donors (Lipinski definition) is 2. The van der Waals surface area contributed by atoms with Crippen LogP contribution in [0.1, 0.15) is 5.56 Å². The Kier molecular flexibility index (Phi) is 4.96. The molecule has 5 nitrogen and oxygen atoms in total. The van der Waals surface area contributed by atoms with Gasteiger partial charge in [-0.1, -0.05) is 23.9 Å². The van der Waals surface area contributed by atoms with E-state index in [-0.39, 0.29) is 17.4 Å². The summed E-state index contributed by atoms with van der Waals surface area (Å²) >= 11 is 1.27. The lowest BCUT2D eigenvalue weighted by atomic mass is 10.2. The standard InChI is InChI=1S/C13H13F3N4OS/c14-13(15,16)7-21-9-3-1-2-8(4-9)6-22-12-19-10(17)5-11(18)20-12/h1-5H,6-7H2,(H4,17,18,19,20). The Hall–Kier alpha value is -2.16. The van der Waals surface area contributed by atoms with E-state index < -0.39 is 12.8 Å². The smallest absolute Gasteiger partial charge is 0.422 e. The van der Waals surface area contributed by atoms with Gasteiger partial charge in [-0.3, -0.25) is 0 Å². The SMILES string of the molecule is Nc1cc(N)nc(SCc2cccc(OCC(F)(F)F)c2)n1. The Morgan fingerprint density at radius 2 is 1.77 bits per heavy atom. The van der Waals surface area contributed by atoms with Gasteiger partial charge >= 0.3 is 6.18 Å². The third-order valence-electron chi connectivity index (χ3n) is 2.41. The molecule has 0 atom stereocenters. The molecule has 0 saturated carbocycles. The van der Waals surface area contributed by atoms with E-state index in [0.717, 1.165) is 5.56 Å². The summed E-state index contributed by atoms with van der Waals surface area (Å²) in [5.41, 5.74) is 11.9. The molecule has 0 saturated heterocycles. The lowest BCUT2D eigenvalue weighted by Gasteiger charge is -2.10. The van der Waals surface area contributed by atoms with E-state index >= 15 is 0 Å². The Morgan fingerprint density at radius 1 is 1.09 bits per heavy atom. The summed E-state index contributed by atoms with van der Waals surface area (Å²) in [4.78, 5) is 8.02. The number of nitrogens with zero attached hydrogens (tertiary/aromatic N) is 2. The molecule has 0 spiro atoms. The molecule has 1 heterocycles. The highest BCUT2D eigenvalue weighted by atomic mass is 32.2. The van der Waals surface area contributed by atoms with Crippen molar-refractivity contribution in [2.75, 3.05) is 18.1 Å². The quantitative estimate of drug-likeness (QED) is 0.647. The minimum Gasteiger partial charge on any atom is -0.484 e. The Labute approximate surface area is 128 Å². The molecule has 1 aromatic carbocycles. The average Bonchev–Trinajstić information content (AvgIpc) is 2.42. The van der Waals surface area contributed by atoms with Crippen molar-refractivity contribution in [3.8, 4) is 5.75 Å². The van der Waals surface area contributed by atoms with Gasteiger partial charge in [0.05, 0.1) is 0 Å². The van der Waals surface area contributed by atoms with Gasteiger partial charge in [0.1, 0.15) is 17.4 Å². The maximum atomic E-state index is 12.1. The van der Waals surface area contributed by atoms with Crippen LogP contribution in [0.2, 0.25) is 0 Å². The van der Waals surface area contributed by atoms with Gasteiger partial charge in [0.2, 0.25) is 0 Å². The normalized spacial score (nSPS) is 11.4. The molecule has 2 rings (SSSR count). The molecule has 0 aliphatic rings. The minimum atomic E-state index is -4.36. The van der Waals surface area contributed by atoms with Crippen molar-refractivity contribution in [3.05, 3.63) is 35.9 Å². The van der Waals surface area contributed by atoms with Crippen LogP contribution in [0, 0.1) is 0 Å². The van der Waals surface area contributed by atoms with Crippen LogP contribution < -0.4 is 16.2 Å². The lowest BCUT2D eigenvalue weighted by molar-refractivity contribution is -0.153. The highest BCUT2D eigenvalue weighted by Gasteiger charge is 2.28. The van der Waals surface area contributed by atoms with E-state index in [4.69, 9.17) is 16.2 Å². The Bertz CT molecular complexity index is 631. The summed E-state index contributed by atoms with van der Waals surface area (Å²) in [6, 6.07) is 7.83. The first kappa shape index (κ1) is 16.2. The summed E-state index contributed by atoms with van der Waals surface area (Å²) in [5.74, 6) is 1.13. The molecule has 0 bridgehead atoms. The second-order valence-corrected chi connectivity index (χ2v) is 5.28. The van der Waals surface area contributed by atoms with E-state index in [1.807, 2.05) is 0 Å². The van der Waals surface area contributed by atoms with Gasteiger partial charge in [0, 0.05) is 11.8 Å². The Morgan fingerprint density at radius 3 is 2.41 bits per heavy atom. The molecule has 0 aliphatic heterocycles. The minimum absolute atomic E-state index is 0.156. The van der Waals surface area contributed by atoms with Crippen molar-refractivity contribution in [2.45, 2.75) is 17.1 Å². The molecule has 0 amide bonds. The van der Waals surface area contributed by atoms with Gasteiger partial charge < -0.3 is 16.2 Å². The first-order valence-electron chi connectivity index (χ1n) is 6.13. The zero-order valence-corrected chi connectivity index (χ0v) is 12.1. The van der Waals surface area contributed by atoms with Crippen LogP contribution >= 0.6 is 11.8 Å². The molecule has 0 aliphatic carbocycles. The predicted octanol–water partition coefficient (Wildman–Crippen LogP) is 2.87.